The number of nitrogens with zero attached hydrogens (tertiary/aromatic N) is 1. The zero-order chi connectivity index (χ0) is 24.4. The Morgan fingerprint density at radius 3 is 2.56 bits per heavy atom. The number of methoxy groups -OCH3 is 2. The van der Waals surface area contributed by atoms with Crippen molar-refractivity contribution in [3.05, 3.63) is 88.8 Å². The monoisotopic (exact) mass is 460 g/mol. The Labute approximate surface area is 196 Å². The lowest BCUT2D eigenvalue weighted by atomic mass is 9.93. The first-order valence-corrected chi connectivity index (χ1v) is 10.6. The average Bonchev–Trinajstić information content (AvgIpc) is 3.09. The number of aromatic amines is 1. The molecule has 1 aliphatic rings. The summed E-state index contributed by atoms with van der Waals surface area (Å²) in [5.74, 6) is -1.49. The van der Waals surface area contributed by atoms with Crippen molar-refractivity contribution in [1.82, 2.24) is 4.90 Å². The van der Waals surface area contributed by atoms with Gasteiger partial charge in [0.25, 0.3) is 5.91 Å². The lowest BCUT2D eigenvalue weighted by Gasteiger charge is -2.28. The van der Waals surface area contributed by atoms with Crippen LogP contribution in [-0.4, -0.2) is 35.9 Å². The molecule has 1 amide bonds. The fourth-order valence-corrected chi connectivity index (χ4v) is 4.13. The number of hydrogen-bond acceptors (Lipinski definition) is 6. The number of likely N-dealkylation sites (tertiary alicyclic amines) is 1. The number of phenolic OH excluding ortho intramolecular Hbond substituents is 1. The number of aromatic hydroxyl groups is 1. The highest BCUT2D eigenvalue weighted by Gasteiger charge is 2.44. The van der Waals surface area contributed by atoms with Gasteiger partial charge in [-0.3, -0.25) is 9.59 Å². The van der Waals surface area contributed by atoms with Crippen molar-refractivity contribution in [2.24, 2.45) is 0 Å². The second-order valence-electron chi connectivity index (χ2n) is 7.93. The summed E-state index contributed by atoms with van der Waals surface area (Å²) in [6.07, 6.45) is 3.45. The summed E-state index contributed by atoms with van der Waals surface area (Å²) in [6, 6.07) is 12.1. The van der Waals surface area contributed by atoms with Crippen LogP contribution in [0.25, 0.3) is 5.76 Å². The molecule has 1 unspecified atom stereocenters. The van der Waals surface area contributed by atoms with Crippen LogP contribution < -0.4 is 19.6 Å². The van der Waals surface area contributed by atoms with E-state index in [4.69, 9.17) is 9.47 Å². The van der Waals surface area contributed by atoms with Gasteiger partial charge in [0.2, 0.25) is 5.78 Å². The predicted molar refractivity (Wildman–Crippen MR) is 121 cm³/mol. The summed E-state index contributed by atoms with van der Waals surface area (Å²) in [4.78, 5) is 30.7. The molecule has 0 radical (unpaired) electrons. The molecular weight excluding hydrogens is 436 g/mol. The number of amides is 1. The van der Waals surface area contributed by atoms with Crippen LogP contribution in [0.1, 0.15) is 28.3 Å². The van der Waals surface area contributed by atoms with Gasteiger partial charge in [-0.15, -0.1) is 0 Å². The Morgan fingerprint density at radius 2 is 1.91 bits per heavy atom. The third-order valence-electron chi connectivity index (χ3n) is 5.85. The van der Waals surface area contributed by atoms with Crippen molar-refractivity contribution < 1.29 is 34.3 Å². The Hall–Kier alpha value is -4.33. The zero-order valence-corrected chi connectivity index (χ0v) is 19.0. The molecule has 1 aromatic heterocycles. The van der Waals surface area contributed by atoms with Crippen LogP contribution in [0.15, 0.2) is 66.5 Å². The van der Waals surface area contributed by atoms with E-state index in [2.05, 4.69) is 4.98 Å². The van der Waals surface area contributed by atoms with Crippen LogP contribution in [0, 0.1) is 6.92 Å². The molecule has 1 aliphatic heterocycles. The molecule has 1 fully saturated rings. The lowest BCUT2D eigenvalue weighted by Crippen LogP contribution is -2.29. The second-order valence-corrected chi connectivity index (χ2v) is 7.93. The van der Waals surface area contributed by atoms with E-state index in [1.54, 1.807) is 49.6 Å². The number of aromatic nitrogens is 1. The van der Waals surface area contributed by atoms with E-state index in [1.165, 1.54) is 31.3 Å². The van der Waals surface area contributed by atoms with Gasteiger partial charge in [-0.2, -0.15) is 0 Å². The number of hydrogen-bond donors (Lipinski definition) is 1. The molecule has 2 aromatic carbocycles. The normalized spacial score (nSPS) is 17.1. The minimum absolute atomic E-state index is 0.0926. The van der Waals surface area contributed by atoms with E-state index in [1.807, 2.05) is 6.07 Å². The molecule has 0 bridgehead atoms. The Bertz CT molecular complexity index is 1290. The quantitative estimate of drug-likeness (QED) is 0.342. The number of rotatable bonds is 6. The van der Waals surface area contributed by atoms with Crippen molar-refractivity contribution in [1.29, 1.82) is 0 Å². The maximum atomic E-state index is 13.7. The van der Waals surface area contributed by atoms with Crippen molar-refractivity contribution in [2.75, 3.05) is 14.2 Å². The van der Waals surface area contributed by atoms with Crippen LogP contribution in [0.5, 0.6) is 17.2 Å². The topological polar surface area (TPSA) is 113 Å². The molecule has 8 nitrogen and oxygen atoms in total. The molecule has 3 aromatic rings. The number of carbonyl (C=O) groups is 2. The maximum absolute atomic E-state index is 13.7. The van der Waals surface area contributed by atoms with Gasteiger partial charge in [0.15, 0.2) is 23.9 Å². The van der Waals surface area contributed by atoms with Gasteiger partial charge < -0.3 is 24.6 Å². The van der Waals surface area contributed by atoms with Gasteiger partial charge in [-0.1, -0.05) is 17.9 Å². The first kappa shape index (κ1) is 22.8. The van der Waals surface area contributed by atoms with Crippen LogP contribution in [0.2, 0.25) is 0 Å². The van der Waals surface area contributed by atoms with E-state index in [0.717, 1.165) is 5.56 Å². The van der Waals surface area contributed by atoms with Gasteiger partial charge in [-0.25, -0.2) is 4.98 Å². The Morgan fingerprint density at radius 1 is 1.12 bits per heavy atom. The molecule has 2 heterocycles. The number of ether oxygens (including phenoxy) is 2. The SMILES string of the molecule is COc1ccc(C([O-])=C2C(=O)C(=O)N(Cc3ccc[nH+]c3)C2c2ccc(O)c(OC)c2)c(C)c1. The molecule has 0 saturated carbocycles. The number of carbonyl (C=O) groups excluding carboxylic acids is 2. The number of aryl methyl sites for hydroxylation is 1. The van der Waals surface area contributed by atoms with E-state index in [9.17, 15) is 19.8 Å². The highest BCUT2D eigenvalue weighted by atomic mass is 16.5. The summed E-state index contributed by atoms with van der Waals surface area (Å²) in [5.41, 5.74) is 2.01. The third kappa shape index (κ3) is 4.05. The smallest absolute Gasteiger partial charge is 0.295 e. The Kier molecular flexibility index (Phi) is 6.23. The maximum Gasteiger partial charge on any atom is 0.295 e. The molecule has 1 atom stereocenters. The van der Waals surface area contributed by atoms with Crippen LogP contribution >= 0.6 is 0 Å². The number of H-pyrrole nitrogens is 1. The van der Waals surface area contributed by atoms with Crippen LogP contribution in [0.3, 0.4) is 0 Å². The molecular formula is C26H24N2O6. The number of benzene rings is 2. The zero-order valence-electron chi connectivity index (χ0n) is 19.0. The molecule has 1 saturated heterocycles. The van der Waals surface area contributed by atoms with Crippen LogP contribution in [0.4, 0.5) is 0 Å². The second kappa shape index (κ2) is 9.27. The summed E-state index contributed by atoms with van der Waals surface area (Å²) in [6.45, 7) is 1.85. The van der Waals surface area contributed by atoms with Gasteiger partial charge in [0.1, 0.15) is 5.75 Å². The van der Waals surface area contributed by atoms with Crippen molar-refractivity contribution in [3.8, 4) is 17.2 Å². The van der Waals surface area contributed by atoms with Crippen molar-refractivity contribution >= 4 is 17.4 Å². The average molecular weight is 460 g/mol. The fourth-order valence-electron chi connectivity index (χ4n) is 4.13. The molecule has 34 heavy (non-hydrogen) atoms. The van der Waals surface area contributed by atoms with E-state index >= 15 is 0 Å². The minimum atomic E-state index is -0.955. The number of pyridine rings is 1. The third-order valence-corrected chi connectivity index (χ3v) is 5.85. The number of nitrogens with one attached hydrogen (secondary N) is 1. The van der Waals surface area contributed by atoms with E-state index < -0.39 is 23.5 Å². The van der Waals surface area contributed by atoms with Crippen molar-refractivity contribution in [3.63, 3.8) is 0 Å². The Balaban J connectivity index is 1.91. The number of phenols is 1. The van der Waals surface area contributed by atoms with E-state index in [-0.39, 0.29) is 23.6 Å². The van der Waals surface area contributed by atoms with Gasteiger partial charge >= 0.3 is 0 Å². The summed E-state index contributed by atoms with van der Waals surface area (Å²) in [7, 11) is 2.93. The summed E-state index contributed by atoms with van der Waals surface area (Å²) >= 11 is 0. The fraction of sp³-hybridized carbons (Fsp3) is 0.192. The van der Waals surface area contributed by atoms with Gasteiger partial charge in [0.05, 0.1) is 26.8 Å². The highest BCUT2D eigenvalue weighted by molar-refractivity contribution is 6.46. The first-order valence-electron chi connectivity index (χ1n) is 10.6. The molecule has 8 heteroatoms. The summed E-state index contributed by atoms with van der Waals surface area (Å²) < 4.78 is 10.4. The molecule has 0 spiro atoms. The minimum Gasteiger partial charge on any atom is -0.872 e. The summed E-state index contributed by atoms with van der Waals surface area (Å²) in [5, 5.41) is 23.7. The van der Waals surface area contributed by atoms with Crippen LogP contribution in [-0.2, 0) is 16.1 Å². The number of ketones is 1. The van der Waals surface area contributed by atoms with Gasteiger partial charge in [0, 0.05) is 17.2 Å². The molecule has 174 valence electrons. The van der Waals surface area contributed by atoms with E-state index in [0.29, 0.717) is 22.4 Å². The first-order chi connectivity index (χ1) is 16.3. The predicted octanol–water partition coefficient (Wildman–Crippen LogP) is 1.96. The highest BCUT2D eigenvalue weighted by Crippen LogP contribution is 2.42. The standard InChI is InChI=1S/C26H24N2O6/c1-15-11-18(33-2)7-8-19(15)24(30)22-23(17-6-9-20(29)21(12-17)34-3)28(26(32)25(22)31)14-16-5-4-10-27-13-16/h4-13,23,29-30H,14H2,1-3H3. The van der Waals surface area contributed by atoms with Gasteiger partial charge in [-0.05, 0) is 53.9 Å². The number of Topliss-reactive ketones (excluding diaryl/α,β-unsaturated/α-hetero) is 1. The molecule has 2 N–H and O–H groups in total. The lowest BCUT2D eigenvalue weighted by molar-refractivity contribution is -0.378. The van der Waals surface area contributed by atoms with Crippen molar-refractivity contribution in [2.45, 2.75) is 19.5 Å². The largest absolute Gasteiger partial charge is 0.872 e. The molecule has 4 rings (SSSR count). The molecule has 0 aliphatic carbocycles.